The molecule has 5 rings (SSSR count). The number of rotatable bonds is 2. The molecule has 148 valence electrons. The predicted molar refractivity (Wildman–Crippen MR) is 111 cm³/mol. The third-order valence-electron chi connectivity index (χ3n) is 5.19. The number of benzene rings is 2. The fourth-order valence-corrected chi connectivity index (χ4v) is 3.67. The van der Waals surface area contributed by atoms with E-state index in [0.717, 1.165) is 22.7 Å². The Morgan fingerprint density at radius 3 is 2.60 bits per heavy atom. The van der Waals surface area contributed by atoms with Crippen molar-refractivity contribution < 1.29 is 14.0 Å². The van der Waals surface area contributed by atoms with Gasteiger partial charge >= 0.3 is 0 Å². The van der Waals surface area contributed by atoms with Crippen molar-refractivity contribution in [2.75, 3.05) is 5.73 Å². The Labute approximate surface area is 169 Å². The highest BCUT2D eigenvalue weighted by molar-refractivity contribution is 6.23. The summed E-state index contributed by atoms with van der Waals surface area (Å²) in [5.74, 6) is -0.936. The number of nitrogens with one attached hydrogen (secondary N) is 1. The third kappa shape index (κ3) is 2.54. The fraction of sp³-hybridized carbons (Fsp3) is 0.0909. The van der Waals surface area contributed by atoms with Gasteiger partial charge in [0.05, 0.1) is 16.8 Å². The maximum atomic E-state index is 12.8. The zero-order valence-corrected chi connectivity index (χ0v) is 16.1. The molecule has 0 aliphatic carbocycles. The van der Waals surface area contributed by atoms with E-state index in [1.807, 2.05) is 44.2 Å². The first kappa shape index (κ1) is 17.9. The smallest absolute Gasteiger partial charge is 0.262 e. The number of hydrogen-bond donors (Lipinski definition) is 2. The lowest BCUT2D eigenvalue weighted by Crippen LogP contribution is -2.24. The first-order chi connectivity index (χ1) is 14.3. The van der Waals surface area contributed by atoms with Gasteiger partial charge in [-0.05, 0) is 49.2 Å². The van der Waals surface area contributed by atoms with E-state index in [1.54, 1.807) is 6.07 Å². The summed E-state index contributed by atoms with van der Waals surface area (Å²) in [6.45, 7) is 3.79. The van der Waals surface area contributed by atoms with Crippen LogP contribution in [0.25, 0.3) is 28.2 Å². The van der Waals surface area contributed by atoms with Crippen LogP contribution in [0.1, 0.15) is 31.8 Å². The van der Waals surface area contributed by atoms with Crippen molar-refractivity contribution in [2.45, 2.75) is 13.8 Å². The van der Waals surface area contributed by atoms with Crippen molar-refractivity contribution in [1.29, 1.82) is 0 Å². The molecule has 30 heavy (non-hydrogen) atoms. The average molecular weight is 400 g/mol. The van der Waals surface area contributed by atoms with Gasteiger partial charge in [-0.1, -0.05) is 12.1 Å². The topological polar surface area (TPSA) is 120 Å². The SMILES string of the molecule is Cc1ccc2nc(-c3ccc(C)c(-n4c(N)c5c(cc4=O)C(=O)NC5=O)c3)oc2c1. The molecule has 0 saturated heterocycles. The van der Waals surface area contributed by atoms with Gasteiger partial charge in [0.15, 0.2) is 5.58 Å². The number of nitrogens with zero attached hydrogens (tertiary/aromatic N) is 2. The molecule has 3 N–H and O–H groups in total. The second kappa shape index (κ2) is 6.15. The van der Waals surface area contributed by atoms with Crippen LogP contribution in [0.15, 0.2) is 51.7 Å². The third-order valence-corrected chi connectivity index (χ3v) is 5.19. The maximum Gasteiger partial charge on any atom is 0.262 e. The molecule has 0 saturated carbocycles. The average Bonchev–Trinajstić information content (AvgIpc) is 3.23. The number of pyridine rings is 1. The standard InChI is InChI=1S/C22H16N4O4/c1-10-3-6-14-16(7-10)30-22(24-14)12-5-4-11(2)15(8-12)26-17(27)9-13-18(19(26)23)21(29)25-20(13)28/h3-9H,23H2,1-2H3,(H,25,28,29). The van der Waals surface area contributed by atoms with Gasteiger partial charge in [-0.3, -0.25) is 24.3 Å². The molecule has 0 spiro atoms. The van der Waals surface area contributed by atoms with Crippen LogP contribution in [0, 0.1) is 13.8 Å². The Bertz CT molecular complexity index is 1460. The summed E-state index contributed by atoms with van der Waals surface area (Å²) in [6.07, 6.45) is 0. The zero-order chi connectivity index (χ0) is 21.2. The van der Waals surface area contributed by atoms with Gasteiger partial charge in [0.25, 0.3) is 17.4 Å². The molecule has 0 radical (unpaired) electrons. The quantitative estimate of drug-likeness (QED) is 0.499. The van der Waals surface area contributed by atoms with Crippen molar-refractivity contribution in [1.82, 2.24) is 14.9 Å². The van der Waals surface area contributed by atoms with E-state index in [1.165, 1.54) is 4.57 Å². The molecule has 2 aromatic carbocycles. The number of carbonyl (C=O) groups excluding carboxylic acids is 2. The van der Waals surface area contributed by atoms with Crippen LogP contribution in [-0.4, -0.2) is 21.4 Å². The Hall–Kier alpha value is -4.20. The molecule has 0 bridgehead atoms. The highest BCUT2D eigenvalue weighted by Crippen LogP contribution is 2.29. The summed E-state index contributed by atoms with van der Waals surface area (Å²) in [5.41, 5.74) is 9.97. The normalized spacial score (nSPS) is 13.0. The second-order valence-corrected chi connectivity index (χ2v) is 7.27. The number of anilines is 1. The number of oxazole rings is 1. The van der Waals surface area contributed by atoms with Crippen molar-refractivity contribution >= 4 is 28.7 Å². The van der Waals surface area contributed by atoms with Gasteiger partial charge in [0, 0.05) is 11.6 Å². The Balaban J connectivity index is 1.71. The van der Waals surface area contributed by atoms with Gasteiger partial charge in [-0.25, -0.2) is 4.98 Å². The number of carbonyl (C=O) groups is 2. The lowest BCUT2D eigenvalue weighted by Gasteiger charge is -2.15. The van der Waals surface area contributed by atoms with Crippen LogP contribution in [0.3, 0.4) is 0 Å². The second-order valence-electron chi connectivity index (χ2n) is 7.27. The number of amides is 2. The summed E-state index contributed by atoms with van der Waals surface area (Å²) in [4.78, 5) is 41.3. The summed E-state index contributed by atoms with van der Waals surface area (Å²) in [6, 6.07) is 12.2. The largest absolute Gasteiger partial charge is 0.436 e. The number of imide groups is 1. The first-order valence-corrected chi connectivity index (χ1v) is 9.23. The Morgan fingerprint density at radius 2 is 1.80 bits per heavy atom. The van der Waals surface area contributed by atoms with Crippen LogP contribution >= 0.6 is 0 Å². The van der Waals surface area contributed by atoms with E-state index in [9.17, 15) is 14.4 Å². The molecule has 2 aromatic heterocycles. The van der Waals surface area contributed by atoms with E-state index in [2.05, 4.69) is 10.3 Å². The highest BCUT2D eigenvalue weighted by Gasteiger charge is 2.32. The molecular weight excluding hydrogens is 384 g/mol. The molecule has 1 aliphatic heterocycles. The lowest BCUT2D eigenvalue weighted by molar-refractivity contribution is 0.0880. The van der Waals surface area contributed by atoms with E-state index in [0.29, 0.717) is 22.7 Å². The molecule has 8 heteroatoms. The number of hydrogen-bond acceptors (Lipinski definition) is 6. The number of nitrogen functional groups attached to an aromatic ring is 1. The molecular formula is C22H16N4O4. The minimum Gasteiger partial charge on any atom is -0.436 e. The number of aryl methyl sites for hydroxylation is 2. The molecule has 8 nitrogen and oxygen atoms in total. The number of nitrogens with two attached hydrogens (primary N) is 1. The van der Waals surface area contributed by atoms with Crippen molar-refractivity contribution in [3.05, 3.63) is 75.1 Å². The first-order valence-electron chi connectivity index (χ1n) is 9.23. The van der Waals surface area contributed by atoms with Crippen molar-refractivity contribution in [2.24, 2.45) is 0 Å². The van der Waals surface area contributed by atoms with Gasteiger partial charge in [-0.15, -0.1) is 0 Å². The van der Waals surface area contributed by atoms with Crippen LogP contribution in [0.4, 0.5) is 5.82 Å². The van der Waals surface area contributed by atoms with Crippen molar-refractivity contribution in [3.8, 4) is 17.1 Å². The fourth-order valence-electron chi connectivity index (χ4n) is 3.67. The van der Waals surface area contributed by atoms with E-state index < -0.39 is 17.4 Å². The minimum absolute atomic E-state index is 0.00161. The summed E-state index contributed by atoms with van der Waals surface area (Å²) in [5, 5.41) is 2.17. The lowest BCUT2D eigenvalue weighted by atomic mass is 10.1. The van der Waals surface area contributed by atoms with Crippen molar-refractivity contribution in [3.63, 3.8) is 0 Å². The summed E-state index contributed by atoms with van der Waals surface area (Å²) in [7, 11) is 0. The monoisotopic (exact) mass is 400 g/mol. The molecule has 3 heterocycles. The van der Waals surface area contributed by atoms with E-state index in [-0.39, 0.29) is 16.9 Å². The van der Waals surface area contributed by atoms with Gasteiger partial charge in [-0.2, -0.15) is 0 Å². The molecule has 0 atom stereocenters. The summed E-state index contributed by atoms with van der Waals surface area (Å²) >= 11 is 0. The van der Waals surface area contributed by atoms with Crippen LogP contribution in [0.5, 0.6) is 0 Å². The van der Waals surface area contributed by atoms with Gasteiger partial charge in [0.1, 0.15) is 11.3 Å². The van der Waals surface area contributed by atoms with Crippen LogP contribution in [0.2, 0.25) is 0 Å². The summed E-state index contributed by atoms with van der Waals surface area (Å²) < 4.78 is 7.12. The van der Waals surface area contributed by atoms with Gasteiger partial charge < -0.3 is 10.2 Å². The predicted octanol–water partition coefficient (Wildman–Crippen LogP) is 2.73. The van der Waals surface area contributed by atoms with E-state index >= 15 is 0 Å². The number of aromatic nitrogens is 2. The molecule has 4 aromatic rings. The van der Waals surface area contributed by atoms with E-state index in [4.69, 9.17) is 10.2 Å². The molecule has 1 aliphatic rings. The van der Waals surface area contributed by atoms with Gasteiger partial charge in [0.2, 0.25) is 5.89 Å². The minimum atomic E-state index is -0.627. The van der Waals surface area contributed by atoms with Crippen LogP contribution in [-0.2, 0) is 0 Å². The van der Waals surface area contributed by atoms with Crippen LogP contribution < -0.4 is 16.6 Å². The molecule has 0 unspecified atom stereocenters. The molecule has 2 amide bonds. The highest BCUT2D eigenvalue weighted by atomic mass is 16.3. The Morgan fingerprint density at radius 1 is 1.00 bits per heavy atom. The zero-order valence-electron chi connectivity index (χ0n) is 16.1. The number of fused-ring (bicyclic) bond motifs is 2. The Kier molecular flexibility index (Phi) is 3.66. The maximum absolute atomic E-state index is 12.8. The molecule has 0 fully saturated rings.